The first-order valence-corrected chi connectivity index (χ1v) is 6.47. The lowest BCUT2D eigenvalue weighted by Crippen LogP contribution is -2.48. The van der Waals surface area contributed by atoms with Gasteiger partial charge in [-0.15, -0.1) is 0 Å². The minimum atomic E-state index is 0.152. The lowest BCUT2D eigenvalue weighted by molar-refractivity contribution is -0.0639. The molecular formula is C14H19NO3. The van der Waals surface area contributed by atoms with Crippen LogP contribution in [-0.2, 0) is 10.2 Å². The fourth-order valence-corrected chi connectivity index (χ4v) is 2.54. The van der Waals surface area contributed by atoms with Gasteiger partial charge in [0, 0.05) is 5.41 Å². The van der Waals surface area contributed by atoms with Gasteiger partial charge in [0.2, 0.25) is 0 Å². The average molecular weight is 249 g/mol. The highest BCUT2D eigenvalue weighted by atomic mass is 16.6. The smallest absolute Gasteiger partial charge is 0.161 e. The lowest BCUT2D eigenvalue weighted by atomic mass is 9.75. The van der Waals surface area contributed by atoms with Crippen LogP contribution < -0.4 is 14.8 Å². The minimum absolute atomic E-state index is 0.152. The van der Waals surface area contributed by atoms with Crippen molar-refractivity contribution in [3.05, 3.63) is 23.8 Å². The van der Waals surface area contributed by atoms with Crippen molar-refractivity contribution < 1.29 is 14.2 Å². The van der Waals surface area contributed by atoms with Gasteiger partial charge in [-0.2, -0.15) is 0 Å². The second-order valence-electron chi connectivity index (χ2n) is 4.99. The van der Waals surface area contributed by atoms with Gasteiger partial charge in [0.25, 0.3) is 0 Å². The number of rotatable bonds is 4. The molecule has 1 aromatic rings. The van der Waals surface area contributed by atoms with Crippen molar-refractivity contribution >= 4 is 0 Å². The van der Waals surface area contributed by atoms with Crippen molar-refractivity contribution in [1.29, 1.82) is 0 Å². The molecule has 0 bridgehead atoms. The second kappa shape index (κ2) is 4.78. The highest BCUT2D eigenvalue weighted by Crippen LogP contribution is 2.40. The SMILES string of the molecule is CNCCC1(c2ccc3c(c2)OCCO3)COC1. The normalized spacial score (nSPS) is 20.3. The fourth-order valence-electron chi connectivity index (χ4n) is 2.54. The molecule has 3 rings (SSSR count). The first-order chi connectivity index (χ1) is 8.84. The van der Waals surface area contributed by atoms with E-state index in [0.717, 1.165) is 37.7 Å². The van der Waals surface area contributed by atoms with Gasteiger partial charge < -0.3 is 19.5 Å². The third-order valence-corrected chi connectivity index (χ3v) is 3.76. The maximum Gasteiger partial charge on any atom is 0.161 e. The Morgan fingerprint density at radius 3 is 2.61 bits per heavy atom. The molecule has 0 unspecified atom stereocenters. The zero-order valence-electron chi connectivity index (χ0n) is 10.7. The van der Waals surface area contributed by atoms with Crippen LogP contribution in [0.2, 0.25) is 0 Å². The van der Waals surface area contributed by atoms with E-state index in [4.69, 9.17) is 14.2 Å². The molecule has 1 aromatic carbocycles. The van der Waals surface area contributed by atoms with E-state index in [1.165, 1.54) is 5.56 Å². The van der Waals surface area contributed by atoms with E-state index >= 15 is 0 Å². The van der Waals surface area contributed by atoms with Crippen molar-refractivity contribution in [2.24, 2.45) is 0 Å². The van der Waals surface area contributed by atoms with Crippen LogP contribution in [0.25, 0.3) is 0 Å². The first kappa shape index (κ1) is 11.8. The molecule has 0 atom stereocenters. The summed E-state index contributed by atoms with van der Waals surface area (Å²) in [5, 5.41) is 3.21. The van der Waals surface area contributed by atoms with Gasteiger partial charge >= 0.3 is 0 Å². The Kier molecular flexibility index (Phi) is 3.14. The topological polar surface area (TPSA) is 39.7 Å². The quantitative estimate of drug-likeness (QED) is 0.874. The molecular weight excluding hydrogens is 230 g/mol. The molecule has 0 radical (unpaired) electrons. The summed E-state index contributed by atoms with van der Waals surface area (Å²) in [6, 6.07) is 6.28. The van der Waals surface area contributed by atoms with Crippen LogP contribution in [0.15, 0.2) is 18.2 Å². The predicted molar refractivity (Wildman–Crippen MR) is 68.5 cm³/mol. The molecule has 1 saturated heterocycles. The maximum atomic E-state index is 5.65. The molecule has 4 nitrogen and oxygen atoms in total. The monoisotopic (exact) mass is 249 g/mol. The van der Waals surface area contributed by atoms with Crippen LogP contribution in [0.1, 0.15) is 12.0 Å². The molecule has 0 amide bonds. The molecule has 2 heterocycles. The van der Waals surface area contributed by atoms with Crippen molar-refractivity contribution in [3.63, 3.8) is 0 Å². The zero-order valence-corrected chi connectivity index (χ0v) is 10.7. The Morgan fingerprint density at radius 2 is 1.94 bits per heavy atom. The molecule has 1 N–H and O–H groups in total. The lowest BCUT2D eigenvalue weighted by Gasteiger charge is -2.42. The van der Waals surface area contributed by atoms with Gasteiger partial charge in [-0.25, -0.2) is 0 Å². The largest absolute Gasteiger partial charge is 0.486 e. The summed E-state index contributed by atoms with van der Waals surface area (Å²) in [6.45, 7) is 3.87. The number of ether oxygens (including phenoxy) is 3. The molecule has 2 aliphatic rings. The molecule has 98 valence electrons. The molecule has 0 spiro atoms. The Balaban J connectivity index is 1.86. The van der Waals surface area contributed by atoms with E-state index in [-0.39, 0.29) is 5.41 Å². The molecule has 1 fully saturated rings. The van der Waals surface area contributed by atoms with Gasteiger partial charge in [-0.1, -0.05) is 6.07 Å². The first-order valence-electron chi connectivity index (χ1n) is 6.47. The van der Waals surface area contributed by atoms with Crippen molar-refractivity contribution in [1.82, 2.24) is 5.32 Å². The van der Waals surface area contributed by atoms with Crippen molar-refractivity contribution in [2.75, 3.05) is 40.0 Å². The fraction of sp³-hybridized carbons (Fsp3) is 0.571. The van der Waals surface area contributed by atoms with E-state index < -0.39 is 0 Å². The van der Waals surface area contributed by atoms with Crippen molar-refractivity contribution in [2.45, 2.75) is 11.8 Å². The van der Waals surface area contributed by atoms with E-state index in [1.54, 1.807) is 0 Å². The summed E-state index contributed by atoms with van der Waals surface area (Å²) in [6.07, 6.45) is 1.09. The molecule has 4 heteroatoms. The molecule has 2 aliphatic heterocycles. The molecule has 0 aliphatic carbocycles. The zero-order chi connectivity index (χ0) is 12.4. The summed E-state index contributed by atoms with van der Waals surface area (Å²) < 4.78 is 16.6. The standard InChI is InChI=1S/C14H19NO3/c1-15-5-4-14(9-16-10-14)11-2-3-12-13(8-11)18-7-6-17-12/h2-3,8,15H,4-7,9-10H2,1H3. The molecule has 18 heavy (non-hydrogen) atoms. The van der Waals surface area contributed by atoms with Crippen molar-refractivity contribution in [3.8, 4) is 11.5 Å². The summed E-state index contributed by atoms with van der Waals surface area (Å²) >= 11 is 0. The average Bonchev–Trinajstić information content (AvgIpc) is 2.37. The Bertz CT molecular complexity index is 429. The van der Waals surface area contributed by atoms with Gasteiger partial charge in [-0.05, 0) is 37.7 Å². The van der Waals surface area contributed by atoms with Crippen LogP contribution in [-0.4, -0.2) is 40.0 Å². The van der Waals surface area contributed by atoms with Gasteiger partial charge in [0.15, 0.2) is 11.5 Å². The number of hydrogen-bond donors (Lipinski definition) is 1. The number of benzene rings is 1. The summed E-state index contributed by atoms with van der Waals surface area (Å²) in [5.74, 6) is 1.73. The maximum absolute atomic E-state index is 5.65. The highest BCUT2D eigenvalue weighted by molar-refractivity contribution is 5.46. The summed E-state index contributed by atoms with van der Waals surface area (Å²) in [5.41, 5.74) is 1.45. The highest BCUT2D eigenvalue weighted by Gasteiger charge is 2.40. The van der Waals surface area contributed by atoms with Crippen LogP contribution in [0, 0.1) is 0 Å². The van der Waals surface area contributed by atoms with E-state index in [1.807, 2.05) is 13.1 Å². The second-order valence-corrected chi connectivity index (χ2v) is 4.99. The van der Waals surface area contributed by atoms with Crippen LogP contribution in [0.5, 0.6) is 11.5 Å². The van der Waals surface area contributed by atoms with Crippen LogP contribution in [0.3, 0.4) is 0 Å². The number of nitrogens with one attached hydrogen (secondary N) is 1. The Hall–Kier alpha value is -1.26. The minimum Gasteiger partial charge on any atom is -0.486 e. The summed E-state index contributed by atoms with van der Waals surface area (Å²) in [7, 11) is 1.98. The number of hydrogen-bond acceptors (Lipinski definition) is 4. The van der Waals surface area contributed by atoms with Gasteiger partial charge in [-0.3, -0.25) is 0 Å². The Morgan fingerprint density at radius 1 is 1.17 bits per heavy atom. The van der Waals surface area contributed by atoms with Gasteiger partial charge in [0.1, 0.15) is 13.2 Å². The molecule has 0 aromatic heterocycles. The predicted octanol–water partition coefficient (Wildman–Crippen LogP) is 1.34. The molecule has 0 saturated carbocycles. The van der Waals surface area contributed by atoms with Crippen LogP contribution in [0.4, 0.5) is 0 Å². The third kappa shape index (κ3) is 1.95. The summed E-state index contributed by atoms with van der Waals surface area (Å²) in [4.78, 5) is 0. The van der Waals surface area contributed by atoms with E-state index in [9.17, 15) is 0 Å². The Labute approximate surface area is 107 Å². The van der Waals surface area contributed by atoms with E-state index in [0.29, 0.717) is 13.2 Å². The van der Waals surface area contributed by atoms with E-state index in [2.05, 4.69) is 17.4 Å². The number of fused-ring (bicyclic) bond motifs is 1. The third-order valence-electron chi connectivity index (χ3n) is 3.76. The van der Waals surface area contributed by atoms with Gasteiger partial charge in [0.05, 0.1) is 13.2 Å². The van der Waals surface area contributed by atoms with Crippen LogP contribution >= 0.6 is 0 Å².